The number of Topliss-reactive ketones (excluding diaryl/α,β-unsaturated/α-hetero) is 2. The zero-order chi connectivity index (χ0) is 9.72. The lowest BCUT2D eigenvalue weighted by Gasteiger charge is -2.13. The average Bonchev–Trinajstić information content (AvgIpc) is 2.05. The predicted molar refractivity (Wildman–Crippen MR) is 45.9 cm³/mol. The fourth-order valence-electron chi connectivity index (χ4n) is 0.894. The zero-order valence-electron chi connectivity index (χ0n) is 8.09. The van der Waals surface area contributed by atoms with Crippen molar-refractivity contribution < 1.29 is 14.3 Å². The number of hydrogen-bond donors (Lipinski definition) is 0. The number of methoxy groups -OCH3 is 1. The summed E-state index contributed by atoms with van der Waals surface area (Å²) >= 11 is 0. The van der Waals surface area contributed by atoms with Crippen LogP contribution < -0.4 is 0 Å². The summed E-state index contributed by atoms with van der Waals surface area (Å²) in [5.74, 6) is -0.425. The molecule has 0 N–H and O–H groups in total. The first-order valence-electron chi connectivity index (χ1n) is 4.13. The van der Waals surface area contributed by atoms with Gasteiger partial charge >= 0.3 is 0 Å². The fourth-order valence-corrected chi connectivity index (χ4v) is 0.894. The van der Waals surface area contributed by atoms with Gasteiger partial charge in [-0.15, -0.1) is 0 Å². The summed E-state index contributed by atoms with van der Waals surface area (Å²) in [5.41, 5.74) is 0. The molecule has 0 aliphatic carbocycles. The van der Waals surface area contributed by atoms with Crippen LogP contribution >= 0.6 is 0 Å². The van der Waals surface area contributed by atoms with Gasteiger partial charge < -0.3 is 4.74 Å². The summed E-state index contributed by atoms with van der Waals surface area (Å²) in [5, 5.41) is 0. The number of rotatable bonds is 5. The second-order valence-corrected chi connectivity index (χ2v) is 2.99. The molecule has 0 rings (SSSR count). The molecular weight excluding hydrogens is 156 g/mol. The molecule has 0 radical (unpaired) electrons. The fraction of sp³-hybridized carbons (Fsp3) is 0.778. The van der Waals surface area contributed by atoms with E-state index in [9.17, 15) is 9.59 Å². The van der Waals surface area contributed by atoms with Gasteiger partial charge in [-0.25, -0.2) is 0 Å². The Bertz CT molecular complexity index is 173. The van der Waals surface area contributed by atoms with Gasteiger partial charge in [0.1, 0.15) is 0 Å². The van der Waals surface area contributed by atoms with E-state index in [2.05, 4.69) is 0 Å². The van der Waals surface area contributed by atoms with E-state index in [0.717, 1.165) is 0 Å². The van der Waals surface area contributed by atoms with Crippen LogP contribution in [0.4, 0.5) is 0 Å². The zero-order valence-corrected chi connectivity index (χ0v) is 8.09. The van der Waals surface area contributed by atoms with Crippen LogP contribution in [0.1, 0.15) is 27.2 Å². The van der Waals surface area contributed by atoms with Crippen molar-refractivity contribution in [1.29, 1.82) is 0 Å². The third kappa shape index (κ3) is 2.74. The Morgan fingerprint density at radius 2 is 1.83 bits per heavy atom. The average molecular weight is 172 g/mol. The Kier molecular flexibility index (Phi) is 4.74. The van der Waals surface area contributed by atoms with E-state index in [1.807, 2.05) is 0 Å². The van der Waals surface area contributed by atoms with Gasteiger partial charge in [0.05, 0.1) is 0 Å². The third-order valence-corrected chi connectivity index (χ3v) is 1.70. The standard InChI is InChI=1S/C9H16O3/c1-5-7(10)9(12-4)8(11)6(2)3/h6,9H,5H2,1-4H3. The lowest BCUT2D eigenvalue weighted by molar-refractivity contribution is -0.142. The summed E-state index contributed by atoms with van der Waals surface area (Å²) in [6, 6.07) is 0. The molecule has 3 nitrogen and oxygen atoms in total. The molecule has 0 saturated heterocycles. The highest BCUT2D eigenvalue weighted by Gasteiger charge is 2.26. The molecule has 3 heteroatoms. The van der Waals surface area contributed by atoms with E-state index in [1.54, 1.807) is 20.8 Å². The number of ether oxygens (including phenoxy) is 1. The van der Waals surface area contributed by atoms with E-state index >= 15 is 0 Å². The van der Waals surface area contributed by atoms with Crippen LogP contribution in [0.5, 0.6) is 0 Å². The van der Waals surface area contributed by atoms with Crippen LogP contribution in [0.2, 0.25) is 0 Å². The molecule has 0 amide bonds. The topological polar surface area (TPSA) is 43.4 Å². The van der Waals surface area contributed by atoms with Crippen molar-refractivity contribution in [3.05, 3.63) is 0 Å². The molecule has 0 aromatic carbocycles. The Morgan fingerprint density at radius 1 is 1.33 bits per heavy atom. The molecule has 0 heterocycles. The van der Waals surface area contributed by atoms with Crippen LogP contribution in [0, 0.1) is 5.92 Å². The maximum Gasteiger partial charge on any atom is 0.173 e. The van der Waals surface area contributed by atoms with Crippen molar-refractivity contribution in [3.8, 4) is 0 Å². The molecule has 0 saturated carbocycles. The lowest BCUT2D eigenvalue weighted by atomic mass is 10.00. The van der Waals surface area contributed by atoms with Crippen LogP contribution in [-0.2, 0) is 14.3 Å². The van der Waals surface area contributed by atoms with E-state index < -0.39 is 6.10 Å². The number of hydrogen-bond acceptors (Lipinski definition) is 3. The first kappa shape index (κ1) is 11.3. The molecule has 1 unspecified atom stereocenters. The minimum atomic E-state index is -0.852. The van der Waals surface area contributed by atoms with E-state index in [-0.39, 0.29) is 17.5 Å². The molecule has 0 aromatic heterocycles. The molecule has 1 atom stereocenters. The molecule has 0 aromatic rings. The summed E-state index contributed by atoms with van der Waals surface area (Å²) in [6.07, 6.45) is -0.508. The molecule has 0 aliphatic heterocycles. The first-order valence-corrected chi connectivity index (χ1v) is 4.13. The van der Waals surface area contributed by atoms with Gasteiger partial charge in [0.2, 0.25) is 0 Å². The van der Waals surface area contributed by atoms with E-state index in [4.69, 9.17) is 4.74 Å². The molecule has 70 valence electrons. The van der Waals surface area contributed by atoms with Crippen molar-refractivity contribution in [2.45, 2.75) is 33.3 Å². The monoisotopic (exact) mass is 172 g/mol. The van der Waals surface area contributed by atoms with Gasteiger partial charge in [-0.2, -0.15) is 0 Å². The minimum Gasteiger partial charge on any atom is -0.366 e. The van der Waals surface area contributed by atoms with Gasteiger partial charge in [0.25, 0.3) is 0 Å². The summed E-state index contributed by atoms with van der Waals surface area (Å²) in [4.78, 5) is 22.5. The number of carbonyl (C=O) groups is 2. The summed E-state index contributed by atoms with van der Waals surface area (Å²) in [6.45, 7) is 5.25. The van der Waals surface area contributed by atoms with Crippen LogP contribution in [0.3, 0.4) is 0 Å². The number of carbonyl (C=O) groups excluding carboxylic acids is 2. The van der Waals surface area contributed by atoms with Gasteiger partial charge in [-0.3, -0.25) is 9.59 Å². The second-order valence-electron chi connectivity index (χ2n) is 2.99. The van der Waals surface area contributed by atoms with Crippen molar-refractivity contribution in [1.82, 2.24) is 0 Å². The lowest BCUT2D eigenvalue weighted by Crippen LogP contribution is -2.34. The quantitative estimate of drug-likeness (QED) is 0.585. The minimum absolute atomic E-state index is 0.135. The van der Waals surface area contributed by atoms with Crippen molar-refractivity contribution in [3.63, 3.8) is 0 Å². The first-order chi connectivity index (χ1) is 5.54. The largest absolute Gasteiger partial charge is 0.366 e. The Balaban J connectivity index is 4.34. The maximum absolute atomic E-state index is 11.3. The van der Waals surface area contributed by atoms with Crippen LogP contribution in [-0.4, -0.2) is 24.8 Å². The maximum atomic E-state index is 11.3. The summed E-state index contributed by atoms with van der Waals surface area (Å²) < 4.78 is 4.83. The van der Waals surface area contributed by atoms with E-state index in [0.29, 0.717) is 6.42 Å². The molecular formula is C9H16O3. The van der Waals surface area contributed by atoms with Crippen molar-refractivity contribution in [2.24, 2.45) is 5.92 Å². The Morgan fingerprint density at radius 3 is 2.08 bits per heavy atom. The Labute approximate surface area is 73.1 Å². The van der Waals surface area contributed by atoms with E-state index in [1.165, 1.54) is 7.11 Å². The van der Waals surface area contributed by atoms with Gasteiger partial charge in [0, 0.05) is 19.4 Å². The van der Waals surface area contributed by atoms with Crippen molar-refractivity contribution >= 4 is 11.6 Å². The molecule has 0 bridgehead atoms. The Hall–Kier alpha value is -0.700. The third-order valence-electron chi connectivity index (χ3n) is 1.70. The van der Waals surface area contributed by atoms with Crippen LogP contribution in [0.15, 0.2) is 0 Å². The SMILES string of the molecule is CCC(=O)C(OC)C(=O)C(C)C. The van der Waals surface area contributed by atoms with Gasteiger partial charge in [-0.05, 0) is 0 Å². The summed E-state index contributed by atoms with van der Waals surface area (Å²) in [7, 11) is 1.39. The second kappa shape index (κ2) is 5.04. The molecule has 0 aliphatic rings. The highest BCUT2D eigenvalue weighted by molar-refractivity contribution is 6.05. The number of ketones is 2. The van der Waals surface area contributed by atoms with Gasteiger partial charge in [-0.1, -0.05) is 20.8 Å². The van der Waals surface area contributed by atoms with Gasteiger partial charge in [0.15, 0.2) is 17.7 Å². The van der Waals surface area contributed by atoms with Crippen molar-refractivity contribution in [2.75, 3.05) is 7.11 Å². The highest BCUT2D eigenvalue weighted by atomic mass is 16.5. The normalized spacial score (nSPS) is 13.1. The highest BCUT2D eigenvalue weighted by Crippen LogP contribution is 2.05. The predicted octanol–water partition coefficient (Wildman–Crippen LogP) is 1.21. The molecule has 12 heavy (non-hydrogen) atoms. The smallest absolute Gasteiger partial charge is 0.173 e. The van der Waals surface area contributed by atoms with Crippen LogP contribution in [0.25, 0.3) is 0 Å². The molecule has 0 spiro atoms. The molecule has 0 fully saturated rings.